The van der Waals surface area contributed by atoms with Crippen molar-refractivity contribution in [1.82, 2.24) is 0 Å². The molecule has 578 valence electrons. The Morgan fingerprint density at radius 1 is 0.171 bits per heavy atom. The lowest BCUT2D eigenvalue weighted by atomic mass is 9.80. The van der Waals surface area contributed by atoms with Gasteiger partial charge in [-0.1, -0.05) is 395 Å². The summed E-state index contributed by atoms with van der Waals surface area (Å²) in [5.74, 6) is 0. The van der Waals surface area contributed by atoms with Gasteiger partial charge in [0, 0.05) is 82.6 Å². The highest BCUT2D eigenvalue weighted by Gasteiger charge is 2.36. The number of thiophene rings is 3. The van der Waals surface area contributed by atoms with Crippen molar-refractivity contribution in [2.75, 3.05) is 0 Å². The molecule has 1 aliphatic rings. The van der Waals surface area contributed by atoms with Gasteiger partial charge in [0.15, 0.2) is 0 Å². The number of hydrogen-bond donors (Lipinski definition) is 0. The molecule has 0 radical (unpaired) electrons. The van der Waals surface area contributed by atoms with Gasteiger partial charge in [-0.05, 0) is 220 Å². The van der Waals surface area contributed by atoms with Crippen molar-refractivity contribution in [3.63, 3.8) is 0 Å². The molecule has 0 aliphatic heterocycles. The molecule has 1 aliphatic carbocycles. The van der Waals surface area contributed by atoms with E-state index in [4.69, 9.17) is 0 Å². The van der Waals surface area contributed by atoms with E-state index in [1.807, 2.05) is 34.0 Å². The Bertz CT molecular complexity index is 8770. The highest BCUT2D eigenvalue weighted by molar-refractivity contribution is 7.27. The van der Waals surface area contributed by atoms with Crippen LogP contribution in [0, 0.1) is 20.8 Å². The standard InChI is InChI=1S/C42H30S.C41H26S.C37H24S/c1-25-19-21-32-35(23-25)40(34-16-10-15-33-29-12-7-9-18-38(29)43-41(33)34)31-14-5-4-13-30(31)39(32)26-20-22-28-27-11-6-8-17-36(27)42(2,3)37(28)24-26;1-25-21-22-33-36(23-25)40(35-19-10-18-34-30-15-8-9-20-38(30)42-41(34)35)32-17-7-6-16-31(32)39(33)37-24-26-11-2-3-12-27(26)28-13-4-5-14-29(28)37;1-23-20-21-30-33(22-23)36(32-18-9-17-31-26-13-6-7-19-34(26)38-37(31)32)29-15-5-4-14-28(29)35(30)27-16-8-11-24-10-2-3-12-25(24)27/h4-24H,1-3H3;2-24H,1H3;2-22H,1H3. The third-order valence-electron chi connectivity index (χ3n) is 26.5. The second kappa shape index (κ2) is 28.8. The van der Waals surface area contributed by atoms with Crippen LogP contribution in [-0.2, 0) is 5.41 Å². The normalized spacial score (nSPS) is 12.5. The van der Waals surface area contributed by atoms with E-state index in [2.05, 4.69) is 429 Å². The molecule has 0 saturated heterocycles. The summed E-state index contributed by atoms with van der Waals surface area (Å²) in [6.07, 6.45) is 0. The fourth-order valence-electron chi connectivity index (χ4n) is 21.0. The molecule has 0 N–H and O–H groups in total. The lowest BCUT2D eigenvalue weighted by Gasteiger charge is -2.23. The van der Waals surface area contributed by atoms with E-state index >= 15 is 0 Å². The third kappa shape index (κ3) is 11.5. The summed E-state index contributed by atoms with van der Waals surface area (Å²) >= 11 is 5.73. The van der Waals surface area contributed by atoms with Gasteiger partial charge < -0.3 is 0 Å². The summed E-state index contributed by atoms with van der Waals surface area (Å²) in [6, 6.07) is 147. The lowest BCUT2D eigenvalue weighted by molar-refractivity contribution is 0.660. The molecule has 0 amide bonds. The molecule has 0 nitrogen and oxygen atoms in total. The summed E-state index contributed by atoms with van der Waals surface area (Å²) in [7, 11) is 0. The quantitative estimate of drug-likeness (QED) is 0.115. The summed E-state index contributed by atoms with van der Waals surface area (Å²) < 4.78 is 8.10. The molecule has 0 saturated carbocycles. The van der Waals surface area contributed by atoms with E-state index in [1.54, 1.807) is 0 Å². The first-order valence-corrected chi connectivity index (χ1v) is 45.2. The fraction of sp³-hybridized carbons (Fsp3) is 0.0500. The smallest absolute Gasteiger partial charge is 0.0434 e. The van der Waals surface area contributed by atoms with Gasteiger partial charge in [-0.2, -0.15) is 0 Å². The maximum Gasteiger partial charge on any atom is 0.0434 e. The largest absolute Gasteiger partial charge is 0.135 e. The zero-order valence-electron chi connectivity index (χ0n) is 68.8. The topological polar surface area (TPSA) is 0 Å². The van der Waals surface area contributed by atoms with Gasteiger partial charge in [0.05, 0.1) is 0 Å². The highest BCUT2D eigenvalue weighted by Crippen LogP contribution is 2.56. The van der Waals surface area contributed by atoms with Crippen LogP contribution in [0.2, 0.25) is 0 Å². The first-order chi connectivity index (χ1) is 60.5. The fourth-order valence-corrected chi connectivity index (χ4v) is 24.7. The Morgan fingerprint density at radius 3 is 0.959 bits per heavy atom. The summed E-state index contributed by atoms with van der Waals surface area (Å²) in [5, 5.41) is 31.4. The van der Waals surface area contributed by atoms with Crippen LogP contribution in [0.4, 0.5) is 0 Å². The molecule has 3 heterocycles. The van der Waals surface area contributed by atoms with Gasteiger partial charge in [0.25, 0.3) is 0 Å². The molecular weight excluding hydrogens is 1540 g/mol. The van der Waals surface area contributed by atoms with Crippen LogP contribution < -0.4 is 0 Å². The van der Waals surface area contributed by atoms with Crippen LogP contribution >= 0.6 is 34.0 Å². The van der Waals surface area contributed by atoms with Crippen molar-refractivity contribution in [2.24, 2.45) is 0 Å². The van der Waals surface area contributed by atoms with Crippen molar-refractivity contribution in [1.29, 1.82) is 0 Å². The number of hydrogen-bond acceptors (Lipinski definition) is 3. The van der Waals surface area contributed by atoms with E-state index < -0.39 is 0 Å². The SMILES string of the molecule is Cc1ccc2c(-c3cc4ccccc4c4ccccc34)c3ccccc3c(-c3cccc4c3sc3ccccc34)c2c1.Cc1ccc2c(-c3ccc4c(c3)C(C)(C)c3ccccc3-4)c3ccccc3c(-c3cccc4c3sc3ccccc34)c2c1.Cc1ccc2c(-c3cccc4ccccc34)c3ccccc3c(-c3cccc4c3sc3ccccc34)c2c1. The molecule has 0 fully saturated rings. The molecule has 0 bridgehead atoms. The predicted octanol–water partition coefficient (Wildman–Crippen LogP) is 35.8. The molecule has 22 aromatic carbocycles. The Morgan fingerprint density at radius 2 is 0.480 bits per heavy atom. The van der Waals surface area contributed by atoms with Crippen LogP contribution in [0.15, 0.2) is 394 Å². The van der Waals surface area contributed by atoms with Crippen molar-refractivity contribution in [3.05, 3.63) is 422 Å². The van der Waals surface area contributed by atoms with Crippen LogP contribution in [0.5, 0.6) is 0 Å². The molecule has 123 heavy (non-hydrogen) atoms. The molecule has 0 atom stereocenters. The minimum absolute atomic E-state index is 0.0408. The molecule has 3 aromatic heterocycles. The van der Waals surface area contributed by atoms with Crippen molar-refractivity contribution in [2.45, 2.75) is 40.0 Å². The second-order valence-electron chi connectivity index (χ2n) is 34.0. The average Bonchev–Trinajstić information content (AvgIpc) is 1.14. The van der Waals surface area contributed by atoms with Crippen molar-refractivity contribution >= 4 is 191 Å². The van der Waals surface area contributed by atoms with Gasteiger partial charge in [0.2, 0.25) is 0 Å². The maximum absolute atomic E-state index is 2.47. The minimum Gasteiger partial charge on any atom is -0.135 e. The Hall–Kier alpha value is -14.2. The third-order valence-corrected chi connectivity index (χ3v) is 30.2. The number of benzene rings is 22. The van der Waals surface area contributed by atoms with Crippen LogP contribution in [0.3, 0.4) is 0 Å². The summed E-state index contributed by atoms with van der Waals surface area (Å²) in [6.45, 7) is 11.4. The Labute approximate surface area is 725 Å². The Kier molecular flexibility index (Phi) is 17.0. The molecule has 3 heteroatoms. The van der Waals surface area contributed by atoms with Gasteiger partial charge in [-0.25, -0.2) is 0 Å². The zero-order chi connectivity index (χ0) is 81.9. The number of rotatable bonds is 6. The highest BCUT2D eigenvalue weighted by atomic mass is 32.1. The van der Waals surface area contributed by atoms with Crippen LogP contribution in [0.1, 0.15) is 41.7 Å². The molecule has 25 aromatic rings. The van der Waals surface area contributed by atoms with Gasteiger partial charge in [0.1, 0.15) is 0 Å². The summed E-state index contributed by atoms with van der Waals surface area (Å²) in [5.41, 5.74) is 25.1. The molecule has 26 rings (SSSR count). The first-order valence-electron chi connectivity index (χ1n) is 42.8. The predicted molar refractivity (Wildman–Crippen MR) is 540 cm³/mol. The summed E-state index contributed by atoms with van der Waals surface area (Å²) in [4.78, 5) is 0. The van der Waals surface area contributed by atoms with E-state index in [1.165, 1.54) is 263 Å². The monoisotopic (exact) mass is 1620 g/mol. The van der Waals surface area contributed by atoms with Gasteiger partial charge >= 0.3 is 0 Å². The Balaban J connectivity index is 0.000000104. The van der Waals surface area contributed by atoms with Gasteiger partial charge in [-0.3, -0.25) is 0 Å². The second-order valence-corrected chi connectivity index (χ2v) is 37.2. The first kappa shape index (κ1) is 72.8. The maximum atomic E-state index is 2.47. The van der Waals surface area contributed by atoms with E-state index in [-0.39, 0.29) is 5.41 Å². The minimum atomic E-state index is -0.0408. The number of aryl methyl sites for hydroxylation is 3. The molecule has 0 unspecified atom stereocenters. The van der Waals surface area contributed by atoms with Crippen molar-refractivity contribution in [3.8, 4) is 77.9 Å². The lowest BCUT2D eigenvalue weighted by Crippen LogP contribution is -2.14. The molecule has 0 spiro atoms. The van der Waals surface area contributed by atoms with E-state index in [9.17, 15) is 0 Å². The average molecular weight is 1620 g/mol. The zero-order valence-corrected chi connectivity index (χ0v) is 71.2. The van der Waals surface area contributed by atoms with Crippen molar-refractivity contribution < 1.29 is 0 Å². The number of fused-ring (bicyclic) bond motifs is 22. The van der Waals surface area contributed by atoms with E-state index in [0.717, 1.165) is 0 Å². The van der Waals surface area contributed by atoms with Gasteiger partial charge in [-0.15, -0.1) is 34.0 Å². The molecular formula is C120H80S3. The van der Waals surface area contributed by atoms with Crippen LogP contribution in [0.25, 0.3) is 235 Å². The van der Waals surface area contributed by atoms with Crippen LogP contribution in [-0.4, -0.2) is 0 Å². The van der Waals surface area contributed by atoms with E-state index in [0.29, 0.717) is 0 Å².